The summed E-state index contributed by atoms with van der Waals surface area (Å²) in [6.45, 7) is 0. The van der Waals surface area contributed by atoms with Crippen molar-refractivity contribution in [2.24, 2.45) is 0 Å². The number of hydrogen-bond donors (Lipinski definition) is 3. The number of nitrogens with zero attached hydrogens (tertiary/aromatic N) is 1. The van der Waals surface area contributed by atoms with Crippen molar-refractivity contribution in [3.05, 3.63) is 63.7 Å². The summed E-state index contributed by atoms with van der Waals surface area (Å²) >= 11 is 0. The fourth-order valence-electron chi connectivity index (χ4n) is 1.77. The fourth-order valence-corrected chi connectivity index (χ4v) is 1.77. The van der Waals surface area contributed by atoms with E-state index in [1.54, 1.807) is 0 Å². The molecule has 0 aliphatic rings. The number of hydrogen-bond acceptors (Lipinski definition) is 5. The van der Waals surface area contributed by atoms with Gasteiger partial charge in [-0.25, -0.2) is 4.79 Å². The molecule has 0 radical (unpaired) electrons. The van der Waals surface area contributed by atoms with E-state index in [1.165, 1.54) is 36.4 Å². The van der Waals surface area contributed by atoms with Crippen LogP contribution in [-0.4, -0.2) is 27.0 Å². The minimum atomic E-state index is -1.34. The van der Waals surface area contributed by atoms with Gasteiger partial charge in [0.2, 0.25) is 0 Å². The number of amides is 1. The third-order valence-electron chi connectivity index (χ3n) is 2.83. The van der Waals surface area contributed by atoms with E-state index in [1.807, 2.05) is 0 Å². The second-order valence-corrected chi connectivity index (χ2v) is 4.27. The number of rotatable bonds is 4. The molecule has 112 valence electrons. The molecule has 22 heavy (non-hydrogen) atoms. The van der Waals surface area contributed by atoms with E-state index in [0.717, 1.165) is 6.07 Å². The van der Waals surface area contributed by atoms with Crippen molar-refractivity contribution in [1.82, 2.24) is 0 Å². The summed E-state index contributed by atoms with van der Waals surface area (Å²) in [5.41, 5.74) is -0.710. The Bertz CT molecular complexity index is 772. The number of nitrogens with one attached hydrogen (secondary N) is 1. The summed E-state index contributed by atoms with van der Waals surface area (Å²) in [5.74, 6) is -2.64. The van der Waals surface area contributed by atoms with E-state index in [2.05, 4.69) is 5.32 Å². The van der Waals surface area contributed by atoms with Crippen LogP contribution in [0.5, 0.6) is 5.75 Å². The molecule has 3 N–H and O–H groups in total. The molecular formula is C14H10N2O6. The normalized spacial score (nSPS) is 10.0. The molecular weight excluding hydrogens is 292 g/mol. The number of nitro groups is 1. The van der Waals surface area contributed by atoms with Crippen LogP contribution in [0, 0.1) is 10.1 Å². The van der Waals surface area contributed by atoms with Crippen molar-refractivity contribution in [2.75, 3.05) is 5.32 Å². The first kappa shape index (κ1) is 15.0. The smallest absolute Gasteiger partial charge is 0.339 e. The molecule has 0 unspecified atom stereocenters. The van der Waals surface area contributed by atoms with Gasteiger partial charge in [0, 0.05) is 17.7 Å². The Morgan fingerprint density at radius 3 is 2.45 bits per heavy atom. The van der Waals surface area contributed by atoms with Gasteiger partial charge in [0.25, 0.3) is 11.6 Å². The molecule has 0 bridgehead atoms. The SMILES string of the molecule is O=C(Nc1cccc(C(=O)O)c1O)c1cccc([N+](=O)[O-])c1. The van der Waals surface area contributed by atoms with Gasteiger partial charge < -0.3 is 15.5 Å². The van der Waals surface area contributed by atoms with Gasteiger partial charge in [-0.05, 0) is 18.2 Å². The lowest BCUT2D eigenvalue weighted by molar-refractivity contribution is -0.384. The zero-order valence-electron chi connectivity index (χ0n) is 11.0. The fraction of sp³-hybridized carbons (Fsp3) is 0. The molecule has 8 nitrogen and oxygen atoms in total. The van der Waals surface area contributed by atoms with E-state index in [4.69, 9.17) is 5.11 Å². The molecule has 0 saturated carbocycles. The Labute approximate surface area is 123 Å². The lowest BCUT2D eigenvalue weighted by Gasteiger charge is -2.09. The van der Waals surface area contributed by atoms with Gasteiger partial charge in [-0.15, -0.1) is 0 Å². The summed E-state index contributed by atoms with van der Waals surface area (Å²) in [6, 6.07) is 8.87. The van der Waals surface area contributed by atoms with Gasteiger partial charge in [0.1, 0.15) is 5.56 Å². The average molecular weight is 302 g/mol. The molecule has 2 aromatic rings. The Kier molecular flexibility index (Phi) is 4.03. The van der Waals surface area contributed by atoms with Gasteiger partial charge in [-0.2, -0.15) is 0 Å². The van der Waals surface area contributed by atoms with Gasteiger partial charge in [-0.1, -0.05) is 12.1 Å². The average Bonchev–Trinajstić information content (AvgIpc) is 2.49. The van der Waals surface area contributed by atoms with E-state index < -0.39 is 22.5 Å². The van der Waals surface area contributed by atoms with Crippen molar-refractivity contribution < 1.29 is 24.7 Å². The highest BCUT2D eigenvalue weighted by Crippen LogP contribution is 2.28. The summed E-state index contributed by atoms with van der Waals surface area (Å²) < 4.78 is 0. The van der Waals surface area contributed by atoms with E-state index in [0.29, 0.717) is 0 Å². The van der Waals surface area contributed by atoms with Crippen LogP contribution in [0.15, 0.2) is 42.5 Å². The van der Waals surface area contributed by atoms with Crippen LogP contribution in [0.1, 0.15) is 20.7 Å². The second kappa shape index (κ2) is 5.92. The van der Waals surface area contributed by atoms with Gasteiger partial charge in [0.15, 0.2) is 5.75 Å². The van der Waals surface area contributed by atoms with E-state index >= 15 is 0 Å². The highest BCUT2D eigenvalue weighted by molar-refractivity contribution is 6.06. The lowest BCUT2D eigenvalue weighted by atomic mass is 10.1. The van der Waals surface area contributed by atoms with Crippen LogP contribution in [0.3, 0.4) is 0 Å². The van der Waals surface area contributed by atoms with Crippen molar-refractivity contribution in [2.45, 2.75) is 0 Å². The quantitative estimate of drug-likeness (QED) is 0.451. The number of non-ortho nitro benzene ring substituents is 1. The molecule has 0 heterocycles. The maximum absolute atomic E-state index is 12.0. The topological polar surface area (TPSA) is 130 Å². The molecule has 8 heteroatoms. The van der Waals surface area contributed by atoms with Crippen molar-refractivity contribution in [1.29, 1.82) is 0 Å². The largest absolute Gasteiger partial charge is 0.505 e. The maximum atomic E-state index is 12.0. The molecule has 0 aliphatic heterocycles. The number of para-hydroxylation sites is 1. The molecule has 0 fully saturated rings. The Morgan fingerprint density at radius 2 is 1.82 bits per heavy atom. The molecule has 0 aliphatic carbocycles. The number of nitro benzene ring substituents is 1. The van der Waals surface area contributed by atoms with Crippen molar-refractivity contribution >= 4 is 23.3 Å². The Hall–Kier alpha value is -3.42. The highest BCUT2D eigenvalue weighted by atomic mass is 16.6. The molecule has 0 saturated heterocycles. The first-order valence-electron chi connectivity index (χ1n) is 6.01. The molecule has 0 aromatic heterocycles. The lowest BCUT2D eigenvalue weighted by Crippen LogP contribution is -2.13. The van der Waals surface area contributed by atoms with E-state index in [-0.39, 0.29) is 22.5 Å². The zero-order chi connectivity index (χ0) is 16.3. The van der Waals surface area contributed by atoms with Crippen LogP contribution >= 0.6 is 0 Å². The number of carboxylic acids is 1. The number of carbonyl (C=O) groups is 2. The van der Waals surface area contributed by atoms with Crippen LogP contribution in [-0.2, 0) is 0 Å². The predicted octanol–water partition coefficient (Wildman–Crippen LogP) is 2.25. The number of aromatic hydroxyl groups is 1. The number of phenols is 1. The van der Waals surface area contributed by atoms with Gasteiger partial charge in [-0.3, -0.25) is 14.9 Å². The number of carboxylic acid groups (broad SMARTS) is 1. The third kappa shape index (κ3) is 3.01. The van der Waals surface area contributed by atoms with Crippen LogP contribution in [0.25, 0.3) is 0 Å². The first-order valence-corrected chi connectivity index (χ1v) is 6.01. The second-order valence-electron chi connectivity index (χ2n) is 4.27. The Morgan fingerprint density at radius 1 is 1.14 bits per heavy atom. The molecule has 2 rings (SSSR count). The Balaban J connectivity index is 2.30. The summed E-state index contributed by atoms with van der Waals surface area (Å²) in [6.07, 6.45) is 0. The van der Waals surface area contributed by atoms with Crippen LogP contribution < -0.4 is 5.32 Å². The summed E-state index contributed by atoms with van der Waals surface area (Å²) in [5, 5.41) is 31.7. The zero-order valence-corrected chi connectivity index (χ0v) is 11.0. The first-order chi connectivity index (χ1) is 10.4. The number of anilines is 1. The molecule has 0 atom stereocenters. The van der Waals surface area contributed by atoms with Crippen LogP contribution in [0.2, 0.25) is 0 Å². The molecule has 1 amide bonds. The van der Waals surface area contributed by atoms with Gasteiger partial charge in [0.05, 0.1) is 10.6 Å². The number of aromatic carboxylic acids is 1. The molecule has 0 spiro atoms. The highest BCUT2D eigenvalue weighted by Gasteiger charge is 2.16. The van der Waals surface area contributed by atoms with Crippen molar-refractivity contribution in [3.8, 4) is 5.75 Å². The monoisotopic (exact) mass is 302 g/mol. The summed E-state index contributed by atoms with van der Waals surface area (Å²) in [4.78, 5) is 33.0. The standard InChI is InChI=1S/C14H10N2O6/c17-12-10(14(19)20)5-2-6-11(12)15-13(18)8-3-1-4-9(7-8)16(21)22/h1-7,17H,(H,15,18)(H,19,20). The summed E-state index contributed by atoms with van der Waals surface area (Å²) in [7, 11) is 0. The number of carbonyl (C=O) groups excluding carboxylic acids is 1. The third-order valence-corrected chi connectivity index (χ3v) is 2.83. The van der Waals surface area contributed by atoms with Crippen molar-refractivity contribution in [3.63, 3.8) is 0 Å². The number of benzene rings is 2. The van der Waals surface area contributed by atoms with Gasteiger partial charge >= 0.3 is 5.97 Å². The predicted molar refractivity (Wildman–Crippen MR) is 76.1 cm³/mol. The molecule has 2 aromatic carbocycles. The maximum Gasteiger partial charge on any atom is 0.339 e. The van der Waals surface area contributed by atoms with E-state index in [9.17, 15) is 24.8 Å². The minimum absolute atomic E-state index is 0.00864. The van der Waals surface area contributed by atoms with Crippen LogP contribution in [0.4, 0.5) is 11.4 Å². The minimum Gasteiger partial charge on any atom is -0.505 e.